The van der Waals surface area contributed by atoms with E-state index in [0.29, 0.717) is 17.7 Å². The summed E-state index contributed by atoms with van der Waals surface area (Å²) in [6.45, 7) is 0.843. The van der Waals surface area contributed by atoms with Gasteiger partial charge in [-0.3, -0.25) is 4.79 Å². The van der Waals surface area contributed by atoms with E-state index in [1.54, 1.807) is 19.5 Å². The van der Waals surface area contributed by atoms with Gasteiger partial charge in [-0.1, -0.05) is 12.8 Å². The molecule has 108 valence electrons. The Kier molecular flexibility index (Phi) is 3.85. The zero-order valence-electron chi connectivity index (χ0n) is 11.9. The third kappa shape index (κ3) is 2.49. The molecule has 2 fully saturated rings. The fraction of sp³-hybridized carbons (Fsp3) is 0.667. The molecule has 1 unspecified atom stereocenters. The van der Waals surface area contributed by atoms with Gasteiger partial charge in [0.1, 0.15) is 0 Å². The van der Waals surface area contributed by atoms with E-state index in [-0.39, 0.29) is 11.7 Å². The van der Waals surface area contributed by atoms with Crippen LogP contribution in [0.1, 0.15) is 49.1 Å². The second-order valence-corrected chi connectivity index (χ2v) is 5.70. The summed E-state index contributed by atoms with van der Waals surface area (Å²) in [5, 5.41) is 0. The lowest BCUT2D eigenvalue weighted by atomic mass is 9.96. The van der Waals surface area contributed by atoms with Crippen LogP contribution in [0.3, 0.4) is 0 Å². The molecule has 5 heteroatoms. The quantitative estimate of drug-likeness (QED) is 0.849. The highest BCUT2D eigenvalue weighted by Crippen LogP contribution is 2.35. The Bertz CT molecular complexity index is 469. The Labute approximate surface area is 119 Å². The predicted molar refractivity (Wildman–Crippen MR) is 74.6 cm³/mol. The Morgan fingerprint density at radius 1 is 1.20 bits per heavy atom. The van der Waals surface area contributed by atoms with Gasteiger partial charge >= 0.3 is 0 Å². The minimum absolute atomic E-state index is 0.0259. The molecule has 0 radical (unpaired) electrons. The van der Waals surface area contributed by atoms with Gasteiger partial charge in [-0.15, -0.1) is 0 Å². The van der Waals surface area contributed by atoms with E-state index in [1.807, 2.05) is 4.90 Å². The van der Waals surface area contributed by atoms with Gasteiger partial charge in [-0.05, 0) is 31.6 Å². The molecular formula is C15H21N3O2. The molecule has 20 heavy (non-hydrogen) atoms. The maximum atomic E-state index is 12.6. The first-order valence-electron chi connectivity index (χ1n) is 7.46. The number of hydrogen-bond donors (Lipinski definition) is 0. The summed E-state index contributed by atoms with van der Waals surface area (Å²) < 4.78 is 5.03. The number of ether oxygens (including phenoxy) is 1. The van der Waals surface area contributed by atoms with Gasteiger partial charge in [0.15, 0.2) is 5.75 Å². The second-order valence-electron chi connectivity index (χ2n) is 5.70. The van der Waals surface area contributed by atoms with Crippen molar-refractivity contribution in [3.8, 4) is 5.75 Å². The Morgan fingerprint density at radius 2 is 1.90 bits per heavy atom. The van der Waals surface area contributed by atoms with Crippen molar-refractivity contribution in [2.24, 2.45) is 5.92 Å². The zero-order chi connectivity index (χ0) is 13.9. The molecule has 0 spiro atoms. The first-order chi connectivity index (χ1) is 9.79. The van der Waals surface area contributed by atoms with E-state index in [1.165, 1.54) is 25.7 Å². The minimum atomic E-state index is -0.0259. The first kappa shape index (κ1) is 13.3. The summed E-state index contributed by atoms with van der Waals surface area (Å²) in [5.41, 5.74) is 0. The summed E-state index contributed by atoms with van der Waals surface area (Å²) in [5.74, 6) is 1.52. The molecule has 1 atom stereocenters. The molecule has 0 bridgehead atoms. The number of hydrogen-bond acceptors (Lipinski definition) is 4. The van der Waals surface area contributed by atoms with Crippen molar-refractivity contribution in [3.63, 3.8) is 0 Å². The van der Waals surface area contributed by atoms with Crippen molar-refractivity contribution in [1.29, 1.82) is 0 Å². The number of likely N-dealkylation sites (tertiary alicyclic amines) is 1. The van der Waals surface area contributed by atoms with Crippen LogP contribution in [0.25, 0.3) is 0 Å². The molecule has 2 aliphatic rings. The number of carbonyl (C=O) groups excluding carboxylic acids is 1. The van der Waals surface area contributed by atoms with E-state index >= 15 is 0 Å². The molecule has 2 heterocycles. The zero-order valence-corrected chi connectivity index (χ0v) is 11.9. The van der Waals surface area contributed by atoms with Crippen LogP contribution in [0.4, 0.5) is 0 Å². The molecule has 5 nitrogen and oxygen atoms in total. The smallest absolute Gasteiger partial charge is 0.291 e. The summed E-state index contributed by atoms with van der Waals surface area (Å²) in [6, 6.07) is 0.399. The maximum Gasteiger partial charge on any atom is 0.291 e. The van der Waals surface area contributed by atoms with E-state index in [0.717, 1.165) is 19.4 Å². The van der Waals surface area contributed by atoms with Crippen LogP contribution in [0.15, 0.2) is 12.4 Å². The standard InChI is InChI=1S/C15H21N3O2/c1-20-12-9-16-14(17-10-12)15(19)18-8-4-7-13(18)11-5-2-3-6-11/h9-11,13H,2-8H2,1H3. The van der Waals surface area contributed by atoms with Crippen molar-refractivity contribution >= 4 is 5.91 Å². The molecule has 0 N–H and O–H groups in total. The third-order valence-corrected chi connectivity index (χ3v) is 4.56. The first-order valence-corrected chi connectivity index (χ1v) is 7.46. The predicted octanol–water partition coefficient (Wildman–Crippen LogP) is 2.28. The van der Waals surface area contributed by atoms with Crippen LogP contribution in [0, 0.1) is 5.92 Å². The Hall–Kier alpha value is -1.65. The number of methoxy groups -OCH3 is 1. The van der Waals surface area contributed by atoms with Gasteiger partial charge in [0.25, 0.3) is 5.91 Å². The largest absolute Gasteiger partial charge is 0.494 e. The van der Waals surface area contributed by atoms with E-state index in [4.69, 9.17) is 4.74 Å². The molecule has 3 rings (SSSR count). The van der Waals surface area contributed by atoms with Crippen LogP contribution < -0.4 is 4.74 Å². The monoisotopic (exact) mass is 275 g/mol. The van der Waals surface area contributed by atoms with Crippen LogP contribution in [0.5, 0.6) is 5.75 Å². The lowest BCUT2D eigenvalue weighted by Gasteiger charge is -2.28. The second kappa shape index (κ2) is 5.77. The van der Waals surface area contributed by atoms with Gasteiger partial charge in [-0.25, -0.2) is 9.97 Å². The molecular weight excluding hydrogens is 254 g/mol. The Balaban J connectivity index is 1.74. The fourth-order valence-corrected chi connectivity index (χ4v) is 3.54. The SMILES string of the molecule is COc1cnc(C(=O)N2CCCC2C2CCCC2)nc1. The molecule has 1 saturated carbocycles. The van der Waals surface area contributed by atoms with Crippen LogP contribution >= 0.6 is 0 Å². The number of nitrogens with zero attached hydrogens (tertiary/aromatic N) is 3. The highest BCUT2D eigenvalue weighted by molar-refractivity contribution is 5.90. The fourth-order valence-electron chi connectivity index (χ4n) is 3.54. The minimum Gasteiger partial charge on any atom is -0.494 e. The van der Waals surface area contributed by atoms with Gasteiger partial charge in [0, 0.05) is 12.6 Å². The molecule has 0 aromatic carbocycles. The summed E-state index contributed by atoms with van der Waals surface area (Å²) >= 11 is 0. The highest BCUT2D eigenvalue weighted by atomic mass is 16.5. The van der Waals surface area contributed by atoms with Crippen molar-refractivity contribution in [2.45, 2.75) is 44.6 Å². The van der Waals surface area contributed by atoms with E-state index in [9.17, 15) is 4.79 Å². The van der Waals surface area contributed by atoms with Crippen LogP contribution in [-0.4, -0.2) is 40.5 Å². The van der Waals surface area contributed by atoms with Crippen LogP contribution in [-0.2, 0) is 0 Å². The van der Waals surface area contributed by atoms with Crippen molar-refractivity contribution in [3.05, 3.63) is 18.2 Å². The third-order valence-electron chi connectivity index (χ3n) is 4.56. The van der Waals surface area contributed by atoms with E-state index < -0.39 is 0 Å². The highest BCUT2D eigenvalue weighted by Gasteiger charge is 2.36. The van der Waals surface area contributed by atoms with Gasteiger partial charge in [0.2, 0.25) is 5.82 Å². The number of rotatable bonds is 3. The number of aromatic nitrogens is 2. The maximum absolute atomic E-state index is 12.6. The summed E-state index contributed by atoms with van der Waals surface area (Å²) in [7, 11) is 1.57. The normalized spacial score (nSPS) is 23.2. The molecule has 1 aromatic heterocycles. The summed E-state index contributed by atoms with van der Waals surface area (Å²) in [6.07, 6.45) is 10.5. The number of carbonyl (C=O) groups is 1. The van der Waals surface area contributed by atoms with Gasteiger partial charge < -0.3 is 9.64 Å². The molecule has 1 aliphatic carbocycles. The summed E-state index contributed by atoms with van der Waals surface area (Å²) in [4.78, 5) is 22.8. The average molecular weight is 275 g/mol. The van der Waals surface area contributed by atoms with Gasteiger partial charge in [0.05, 0.1) is 19.5 Å². The van der Waals surface area contributed by atoms with Crippen molar-refractivity contribution in [2.75, 3.05) is 13.7 Å². The van der Waals surface area contributed by atoms with Crippen molar-refractivity contribution in [1.82, 2.24) is 14.9 Å². The lowest BCUT2D eigenvalue weighted by Crippen LogP contribution is -2.40. The van der Waals surface area contributed by atoms with Gasteiger partial charge in [-0.2, -0.15) is 0 Å². The molecule has 1 aliphatic heterocycles. The lowest BCUT2D eigenvalue weighted by molar-refractivity contribution is 0.0676. The molecule has 1 saturated heterocycles. The van der Waals surface area contributed by atoms with Crippen molar-refractivity contribution < 1.29 is 9.53 Å². The molecule has 1 amide bonds. The van der Waals surface area contributed by atoms with Crippen LogP contribution in [0.2, 0.25) is 0 Å². The molecule has 1 aromatic rings. The average Bonchev–Trinajstić information content (AvgIpc) is 3.16. The topological polar surface area (TPSA) is 55.3 Å². The van der Waals surface area contributed by atoms with E-state index in [2.05, 4.69) is 9.97 Å². The number of amides is 1. The Morgan fingerprint density at radius 3 is 2.55 bits per heavy atom.